The van der Waals surface area contributed by atoms with E-state index in [1.807, 2.05) is 30.3 Å². The van der Waals surface area contributed by atoms with Crippen LogP contribution in [0.5, 0.6) is 11.6 Å². The molecular weight excluding hydrogens is 470 g/mol. The van der Waals surface area contributed by atoms with Crippen LogP contribution in [0.4, 0.5) is 0 Å². The molecule has 0 amide bonds. The van der Waals surface area contributed by atoms with Gasteiger partial charge in [0, 0.05) is 17.0 Å². The second kappa shape index (κ2) is 14.8. The van der Waals surface area contributed by atoms with E-state index in [1.165, 1.54) is 32.1 Å². The van der Waals surface area contributed by atoms with Crippen LogP contribution >= 0.6 is 0 Å². The zero-order valence-electron chi connectivity index (χ0n) is 21.9. The summed E-state index contributed by atoms with van der Waals surface area (Å²) in [5, 5.41) is 0.741. The summed E-state index contributed by atoms with van der Waals surface area (Å²) in [6.07, 6.45) is 10.0. The van der Waals surface area contributed by atoms with Gasteiger partial charge in [-0.25, -0.2) is 9.59 Å². The largest absolute Gasteiger partial charge is 0.497 e. The average molecular weight is 508 g/mol. The number of hydrogen-bond donors (Lipinski definition) is 0. The van der Waals surface area contributed by atoms with Crippen molar-refractivity contribution in [1.29, 1.82) is 0 Å². The molecule has 37 heavy (non-hydrogen) atoms. The molecule has 0 spiro atoms. The second-order valence-electron chi connectivity index (χ2n) is 9.17. The van der Waals surface area contributed by atoms with Gasteiger partial charge in [0.2, 0.25) is 11.6 Å². The maximum atomic E-state index is 12.5. The fraction of sp³-hybridized carbons (Fsp3) is 0.433. The lowest BCUT2D eigenvalue weighted by Gasteiger charge is -2.07. The summed E-state index contributed by atoms with van der Waals surface area (Å²) in [6.45, 7) is 6.29. The molecule has 2 aromatic heterocycles. The molecule has 0 aliphatic rings. The summed E-state index contributed by atoms with van der Waals surface area (Å²) in [5.74, 6) is 0.887. The van der Waals surface area contributed by atoms with Crippen molar-refractivity contribution >= 4 is 17.1 Å². The molecule has 198 valence electrons. The highest BCUT2D eigenvalue weighted by atomic mass is 16.5. The number of hydrogen-bond acceptors (Lipinski definition) is 7. The van der Waals surface area contributed by atoms with E-state index in [0.717, 1.165) is 42.4 Å². The normalized spacial score (nSPS) is 10.9. The molecule has 2 heterocycles. The summed E-state index contributed by atoms with van der Waals surface area (Å²) in [4.78, 5) is 28.2. The predicted molar refractivity (Wildman–Crippen MR) is 145 cm³/mol. The molecule has 0 saturated carbocycles. The van der Waals surface area contributed by atoms with Crippen molar-refractivity contribution in [2.45, 2.75) is 64.7 Å². The van der Waals surface area contributed by atoms with Gasteiger partial charge >= 0.3 is 11.6 Å². The van der Waals surface area contributed by atoms with Gasteiger partial charge in [-0.1, -0.05) is 63.7 Å². The Kier molecular flexibility index (Phi) is 11.2. The highest BCUT2D eigenvalue weighted by Crippen LogP contribution is 2.24. The van der Waals surface area contributed by atoms with Crippen molar-refractivity contribution in [2.75, 3.05) is 20.3 Å². The third-order valence-electron chi connectivity index (χ3n) is 6.09. The molecule has 1 aromatic carbocycles. The van der Waals surface area contributed by atoms with E-state index in [9.17, 15) is 9.59 Å². The third-order valence-corrected chi connectivity index (χ3v) is 6.09. The van der Waals surface area contributed by atoms with Crippen LogP contribution in [0.2, 0.25) is 0 Å². The number of pyridine rings is 1. The SMILES string of the molecule is C=C(C)C(=O)OCCCCCCCCCCCOc1ccc2cc(-c3ccc(OC)cc3)c(=O)oc2n1. The Morgan fingerprint density at radius 1 is 0.892 bits per heavy atom. The van der Waals surface area contributed by atoms with Gasteiger partial charge in [-0.3, -0.25) is 0 Å². The maximum absolute atomic E-state index is 12.5. The first-order chi connectivity index (χ1) is 18.0. The zero-order valence-corrected chi connectivity index (χ0v) is 21.9. The monoisotopic (exact) mass is 507 g/mol. The minimum absolute atomic E-state index is 0.272. The first kappa shape index (κ1) is 28.0. The van der Waals surface area contributed by atoms with Crippen LogP contribution < -0.4 is 15.1 Å². The molecule has 0 aliphatic heterocycles. The summed E-state index contributed by atoms with van der Waals surface area (Å²) >= 11 is 0. The Morgan fingerprint density at radius 2 is 1.51 bits per heavy atom. The minimum Gasteiger partial charge on any atom is -0.497 e. The molecule has 0 unspecified atom stereocenters. The maximum Gasteiger partial charge on any atom is 0.345 e. The Morgan fingerprint density at radius 3 is 2.14 bits per heavy atom. The number of ether oxygens (including phenoxy) is 3. The smallest absolute Gasteiger partial charge is 0.345 e. The fourth-order valence-electron chi connectivity index (χ4n) is 3.94. The van der Waals surface area contributed by atoms with E-state index in [4.69, 9.17) is 18.6 Å². The molecule has 0 saturated heterocycles. The molecule has 0 fully saturated rings. The summed E-state index contributed by atoms with van der Waals surface area (Å²) in [6, 6.07) is 12.7. The van der Waals surface area contributed by atoms with Crippen molar-refractivity contribution in [3.63, 3.8) is 0 Å². The summed E-state index contributed by atoms with van der Waals surface area (Å²) in [5.41, 5.74) is 1.53. The number of fused-ring (bicyclic) bond motifs is 1. The lowest BCUT2D eigenvalue weighted by Crippen LogP contribution is -2.05. The van der Waals surface area contributed by atoms with E-state index in [2.05, 4.69) is 11.6 Å². The van der Waals surface area contributed by atoms with E-state index in [0.29, 0.717) is 30.2 Å². The van der Waals surface area contributed by atoms with Crippen molar-refractivity contribution in [3.8, 4) is 22.8 Å². The number of carbonyl (C=O) groups excluding carboxylic acids is 1. The predicted octanol–water partition coefficient (Wildman–Crippen LogP) is 6.87. The standard InChI is InChI=1S/C30H37NO6/c1-22(2)29(32)36-20-12-10-8-6-4-5-7-9-11-19-35-27-18-15-24-21-26(30(33)37-28(24)31-27)23-13-16-25(34-3)17-14-23/h13-18,21H,1,4-12,19-20H2,2-3H3. The second-order valence-corrected chi connectivity index (χ2v) is 9.17. The number of rotatable bonds is 16. The number of methoxy groups -OCH3 is 1. The quantitative estimate of drug-likeness (QED) is 0.119. The van der Waals surface area contributed by atoms with E-state index in [-0.39, 0.29) is 11.7 Å². The summed E-state index contributed by atoms with van der Waals surface area (Å²) < 4.78 is 21.5. The lowest BCUT2D eigenvalue weighted by molar-refractivity contribution is -0.139. The number of unbranched alkanes of at least 4 members (excludes halogenated alkanes) is 8. The molecule has 7 heteroatoms. The lowest BCUT2D eigenvalue weighted by atomic mass is 10.1. The van der Waals surface area contributed by atoms with Gasteiger partial charge in [-0.15, -0.1) is 0 Å². The van der Waals surface area contributed by atoms with Gasteiger partial charge in [0.05, 0.1) is 25.9 Å². The Labute approximate surface area is 218 Å². The molecular formula is C30H37NO6. The molecule has 0 aliphatic carbocycles. The van der Waals surface area contributed by atoms with E-state index < -0.39 is 5.63 Å². The van der Waals surface area contributed by atoms with Crippen LogP contribution in [0.3, 0.4) is 0 Å². The van der Waals surface area contributed by atoms with Crippen molar-refractivity contribution in [1.82, 2.24) is 4.98 Å². The molecule has 0 N–H and O–H groups in total. The van der Waals surface area contributed by atoms with Crippen LogP contribution in [0.15, 0.2) is 63.8 Å². The van der Waals surface area contributed by atoms with Gasteiger partial charge in [0.15, 0.2) is 0 Å². The van der Waals surface area contributed by atoms with Crippen molar-refractivity contribution in [2.24, 2.45) is 0 Å². The number of esters is 1. The first-order valence-corrected chi connectivity index (χ1v) is 13.0. The van der Waals surface area contributed by atoms with Gasteiger partial charge in [-0.05, 0) is 49.6 Å². The number of benzene rings is 1. The van der Waals surface area contributed by atoms with Crippen LogP contribution in [0.25, 0.3) is 22.2 Å². The molecule has 0 bridgehead atoms. The Bertz CT molecular complexity index is 1210. The van der Waals surface area contributed by atoms with E-state index in [1.54, 1.807) is 26.2 Å². The molecule has 0 radical (unpaired) electrons. The Hall–Kier alpha value is -3.61. The zero-order chi connectivity index (χ0) is 26.5. The summed E-state index contributed by atoms with van der Waals surface area (Å²) in [7, 11) is 1.60. The fourth-order valence-corrected chi connectivity index (χ4v) is 3.94. The molecule has 3 rings (SSSR count). The minimum atomic E-state index is -0.437. The molecule has 7 nitrogen and oxygen atoms in total. The van der Waals surface area contributed by atoms with E-state index >= 15 is 0 Å². The number of carbonyl (C=O) groups is 1. The molecule has 3 aromatic rings. The average Bonchev–Trinajstić information content (AvgIpc) is 2.90. The highest BCUT2D eigenvalue weighted by Gasteiger charge is 2.10. The van der Waals surface area contributed by atoms with Crippen molar-refractivity contribution in [3.05, 3.63) is 65.0 Å². The van der Waals surface area contributed by atoms with Crippen molar-refractivity contribution < 1.29 is 23.4 Å². The highest BCUT2D eigenvalue weighted by molar-refractivity contribution is 5.86. The van der Waals surface area contributed by atoms with Crippen LogP contribution in [-0.4, -0.2) is 31.3 Å². The molecule has 0 atom stereocenters. The topological polar surface area (TPSA) is 87.9 Å². The van der Waals surface area contributed by atoms with Crippen LogP contribution in [-0.2, 0) is 9.53 Å². The first-order valence-electron chi connectivity index (χ1n) is 13.0. The van der Waals surface area contributed by atoms with Crippen LogP contribution in [0.1, 0.15) is 64.7 Å². The van der Waals surface area contributed by atoms with Gasteiger partial charge in [0.25, 0.3) is 0 Å². The number of aromatic nitrogens is 1. The third kappa shape index (κ3) is 9.08. The van der Waals surface area contributed by atoms with Gasteiger partial charge < -0.3 is 18.6 Å². The van der Waals surface area contributed by atoms with Crippen LogP contribution in [0, 0.1) is 0 Å². The van der Waals surface area contributed by atoms with Gasteiger partial charge in [0.1, 0.15) is 5.75 Å². The van der Waals surface area contributed by atoms with Gasteiger partial charge in [-0.2, -0.15) is 4.98 Å². The Balaban J connectivity index is 1.31. The number of nitrogens with zero attached hydrogens (tertiary/aromatic N) is 1.